The summed E-state index contributed by atoms with van der Waals surface area (Å²) in [4.78, 5) is 0. The van der Waals surface area contributed by atoms with Gasteiger partial charge in [-0.05, 0) is 5.41 Å². The van der Waals surface area contributed by atoms with Crippen LogP contribution in [0, 0.1) is 0 Å². The second-order valence-corrected chi connectivity index (χ2v) is 0.795. The Bertz CT molecular complexity index is 34.4. The summed E-state index contributed by atoms with van der Waals surface area (Å²) in [7, 11) is 0. The van der Waals surface area contributed by atoms with Crippen molar-refractivity contribution in [1.29, 1.82) is 0 Å². The molecular weight excluding hydrogens is 125 g/mol. The van der Waals surface area contributed by atoms with Crippen molar-refractivity contribution in [2.24, 2.45) is 0 Å². The summed E-state index contributed by atoms with van der Waals surface area (Å²) in [5.41, 5.74) is 0. The highest BCUT2D eigenvalue weighted by molar-refractivity contribution is 7.83. The molecule has 44 valence electrons. The fourth-order valence-corrected chi connectivity index (χ4v) is 0. The highest BCUT2D eigenvalue weighted by Gasteiger charge is 1.86. The van der Waals surface area contributed by atoms with Crippen LogP contribution in [-0.4, -0.2) is 6.68 Å². The van der Waals surface area contributed by atoms with Gasteiger partial charge in [0.05, 0.1) is 0 Å². The van der Waals surface area contributed by atoms with Gasteiger partial charge in [-0.25, -0.2) is 0 Å². The Morgan fingerprint density at radius 1 is 1.43 bits per heavy atom. The SMILES string of the molecule is C=CS.FC(F)F. The molecule has 0 N–H and O–H groups in total. The first kappa shape index (κ1) is 9.99. The van der Waals surface area contributed by atoms with Gasteiger partial charge < -0.3 is 0 Å². The van der Waals surface area contributed by atoms with Crippen LogP contribution in [0.4, 0.5) is 13.2 Å². The number of hydrogen-bond donors (Lipinski definition) is 1. The second kappa shape index (κ2) is 9.30. The third-order valence-electron chi connectivity index (χ3n) is 0. The van der Waals surface area contributed by atoms with E-state index in [4.69, 9.17) is 0 Å². The average molecular weight is 130 g/mol. The maximum absolute atomic E-state index is 9.67. The summed E-state index contributed by atoms with van der Waals surface area (Å²) in [6, 6.07) is 0. The Morgan fingerprint density at radius 2 is 1.43 bits per heavy atom. The van der Waals surface area contributed by atoms with Gasteiger partial charge in [0.1, 0.15) is 0 Å². The third kappa shape index (κ3) is 6150. The first-order chi connectivity index (χ1) is 3.15. The Kier molecular flexibility index (Phi) is 13.3. The van der Waals surface area contributed by atoms with Gasteiger partial charge in [-0.1, -0.05) is 6.58 Å². The summed E-state index contributed by atoms with van der Waals surface area (Å²) in [6.45, 7) is -0.441. The van der Waals surface area contributed by atoms with E-state index in [1.54, 1.807) is 0 Å². The molecule has 0 amide bonds. The highest BCUT2D eigenvalue weighted by Crippen LogP contribution is 1.87. The van der Waals surface area contributed by atoms with Crippen molar-refractivity contribution in [1.82, 2.24) is 0 Å². The van der Waals surface area contributed by atoms with E-state index in [0.717, 1.165) is 0 Å². The molecule has 4 heteroatoms. The van der Waals surface area contributed by atoms with Crippen LogP contribution in [0.15, 0.2) is 12.0 Å². The van der Waals surface area contributed by atoms with Crippen molar-refractivity contribution in [3.63, 3.8) is 0 Å². The molecule has 7 heavy (non-hydrogen) atoms. The zero-order valence-corrected chi connectivity index (χ0v) is 4.34. The standard InChI is InChI=1S/C2H4S.CHF3/c1-2-3;2-1(3)4/h2-3H,1H2;1H. The Balaban J connectivity index is 0. The fraction of sp³-hybridized carbons (Fsp3) is 0.333. The van der Waals surface area contributed by atoms with Crippen molar-refractivity contribution in [2.75, 3.05) is 0 Å². The Morgan fingerprint density at radius 3 is 1.43 bits per heavy atom. The normalized spacial score (nSPS) is 7.00. The van der Waals surface area contributed by atoms with Crippen LogP contribution < -0.4 is 0 Å². The summed E-state index contributed by atoms with van der Waals surface area (Å²) >= 11 is 3.55. The molecule has 0 aromatic heterocycles. The molecule has 0 unspecified atom stereocenters. The molecule has 0 fully saturated rings. The molecule has 0 aromatic carbocycles. The van der Waals surface area contributed by atoms with Crippen LogP contribution in [-0.2, 0) is 0 Å². The van der Waals surface area contributed by atoms with Crippen LogP contribution in [0.3, 0.4) is 0 Å². The second-order valence-electron chi connectivity index (χ2n) is 0.430. The monoisotopic (exact) mass is 130 g/mol. The Labute approximate surface area is 45.4 Å². The third-order valence-corrected chi connectivity index (χ3v) is 0. The molecule has 0 heterocycles. The zero-order chi connectivity index (χ0) is 6.28. The average Bonchev–Trinajstić information content (AvgIpc) is 1.33. The summed E-state index contributed by atoms with van der Waals surface area (Å²) < 4.78 is 29.0. The zero-order valence-electron chi connectivity index (χ0n) is 3.44. The lowest BCUT2D eigenvalue weighted by Gasteiger charge is -1.65. The molecule has 0 nitrogen and oxygen atoms in total. The Hall–Kier alpha value is -0.120. The van der Waals surface area contributed by atoms with Crippen LogP contribution in [0.25, 0.3) is 0 Å². The lowest BCUT2D eigenvalue weighted by molar-refractivity contribution is 0.00819. The maximum atomic E-state index is 9.67. The molecule has 0 atom stereocenters. The van der Waals surface area contributed by atoms with Crippen molar-refractivity contribution < 1.29 is 13.2 Å². The number of rotatable bonds is 0. The molecular formula is C3H5F3S. The molecule has 0 radical (unpaired) electrons. The van der Waals surface area contributed by atoms with Crippen LogP contribution in [0.1, 0.15) is 0 Å². The number of hydrogen-bond acceptors (Lipinski definition) is 1. The van der Waals surface area contributed by atoms with Crippen molar-refractivity contribution in [3.8, 4) is 0 Å². The minimum atomic E-state index is -3.67. The summed E-state index contributed by atoms with van der Waals surface area (Å²) in [5, 5.41) is 1.44. The van der Waals surface area contributed by atoms with E-state index in [1.165, 1.54) is 5.41 Å². The predicted octanol–water partition coefficient (Wildman–Crippen LogP) is 2.24. The smallest absolute Gasteiger partial charge is 0.174 e. The van der Waals surface area contributed by atoms with Gasteiger partial charge in [-0.2, -0.15) is 25.8 Å². The van der Waals surface area contributed by atoms with E-state index < -0.39 is 6.68 Å². The van der Waals surface area contributed by atoms with E-state index in [-0.39, 0.29) is 0 Å². The molecule has 0 aliphatic rings. The van der Waals surface area contributed by atoms with Crippen molar-refractivity contribution >= 4 is 12.6 Å². The maximum Gasteiger partial charge on any atom is 0.379 e. The van der Waals surface area contributed by atoms with Gasteiger partial charge in [0.25, 0.3) is 0 Å². The predicted molar refractivity (Wildman–Crippen MR) is 26.3 cm³/mol. The van der Waals surface area contributed by atoms with Gasteiger partial charge in [0, 0.05) is 0 Å². The summed E-state index contributed by atoms with van der Waals surface area (Å²) in [5.74, 6) is 0. The summed E-state index contributed by atoms with van der Waals surface area (Å²) in [6.07, 6.45) is 0. The topological polar surface area (TPSA) is 0 Å². The number of thiol groups is 1. The molecule has 0 spiro atoms. The van der Waals surface area contributed by atoms with Crippen LogP contribution >= 0.6 is 12.6 Å². The largest absolute Gasteiger partial charge is 0.379 e. The van der Waals surface area contributed by atoms with E-state index in [9.17, 15) is 13.2 Å². The van der Waals surface area contributed by atoms with Crippen LogP contribution in [0.5, 0.6) is 0 Å². The van der Waals surface area contributed by atoms with Crippen molar-refractivity contribution in [2.45, 2.75) is 6.68 Å². The van der Waals surface area contributed by atoms with E-state index in [0.29, 0.717) is 0 Å². The minimum Gasteiger partial charge on any atom is -0.174 e. The molecule has 0 saturated heterocycles. The first-order valence-corrected chi connectivity index (χ1v) is 1.84. The number of alkyl halides is 3. The molecule has 0 bridgehead atoms. The molecule has 0 saturated carbocycles. The van der Waals surface area contributed by atoms with Gasteiger partial charge >= 0.3 is 6.68 Å². The first-order valence-electron chi connectivity index (χ1n) is 1.32. The molecule has 0 rings (SSSR count). The highest BCUT2D eigenvalue weighted by atomic mass is 32.1. The fourth-order valence-electron chi connectivity index (χ4n) is 0. The van der Waals surface area contributed by atoms with Gasteiger partial charge in [0.2, 0.25) is 0 Å². The lowest BCUT2D eigenvalue weighted by Crippen LogP contribution is -1.65. The van der Waals surface area contributed by atoms with E-state index in [1.807, 2.05) is 0 Å². The lowest BCUT2D eigenvalue weighted by atomic mass is 11.3. The minimum absolute atomic E-state index is 1.44. The van der Waals surface area contributed by atoms with Gasteiger partial charge in [0.15, 0.2) is 0 Å². The molecule has 0 aliphatic carbocycles. The number of halogens is 3. The van der Waals surface area contributed by atoms with Gasteiger partial charge in [-0.3, -0.25) is 0 Å². The van der Waals surface area contributed by atoms with Crippen molar-refractivity contribution in [3.05, 3.63) is 12.0 Å². The van der Waals surface area contributed by atoms with E-state index >= 15 is 0 Å². The van der Waals surface area contributed by atoms with Crippen LogP contribution in [0.2, 0.25) is 0 Å². The van der Waals surface area contributed by atoms with E-state index in [2.05, 4.69) is 19.2 Å². The molecule has 0 aliphatic heterocycles. The molecule has 0 aromatic rings. The van der Waals surface area contributed by atoms with Gasteiger partial charge in [-0.15, -0.1) is 0 Å². The quantitative estimate of drug-likeness (QED) is 0.477.